The fourth-order valence-electron chi connectivity index (χ4n) is 1.93. The van der Waals surface area contributed by atoms with Crippen molar-refractivity contribution < 1.29 is 9.21 Å². The predicted octanol–water partition coefficient (Wildman–Crippen LogP) is 1.37. The van der Waals surface area contributed by atoms with Gasteiger partial charge in [-0.1, -0.05) is 0 Å². The number of nitrogens with zero attached hydrogens (tertiary/aromatic N) is 1. The number of amides is 1. The lowest BCUT2D eigenvalue weighted by Crippen LogP contribution is -2.29. The number of nitrogens with one attached hydrogen (secondary N) is 1. The van der Waals surface area contributed by atoms with Gasteiger partial charge in [-0.05, 0) is 36.8 Å². The molecule has 0 spiro atoms. The standard InChI is InChI=1S/C10H9NO2.C6H7N3O/c1-6-4-10(12)13-9-5-7(11)2-3-8(6)9;7-9-6(10)5-1-3-8-4-2-5/h2-5H,11H2,1H3;1-4H,7H2,(H,9,10). The average Bonchev–Trinajstić information content (AvgIpc) is 2.55. The molecule has 0 aliphatic heterocycles. The molecule has 0 aliphatic carbocycles. The number of hydrogen-bond acceptors (Lipinski definition) is 6. The van der Waals surface area contributed by atoms with Crippen molar-refractivity contribution in [2.24, 2.45) is 5.84 Å². The fraction of sp³-hybridized carbons (Fsp3) is 0.0625. The molecule has 0 saturated heterocycles. The maximum atomic E-state index is 11.0. The molecular formula is C16H16N4O3. The van der Waals surface area contributed by atoms with Gasteiger partial charge >= 0.3 is 5.63 Å². The summed E-state index contributed by atoms with van der Waals surface area (Å²) >= 11 is 0. The largest absolute Gasteiger partial charge is 0.423 e. The van der Waals surface area contributed by atoms with E-state index in [2.05, 4.69) is 4.98 Å². The monoisotopic (exact) mass is 312 g/mol. The maximum absolute atomic E-state index is 11.0. The second-order valence-electron chi connectivity index (χ2n) is 4.71. The second-order valence-corrected chi connectivity index (χ2v) is 4.71. The van der Waals surface area contributed by atoms with E-state index in [1.807, 2.05) is 18.4 Å². The zero-order chi connectivity index (χ0) is 16.8. The summed E-state index contributed by atoms with van der Waals surface area (Å²) < 4.78 is 4.99. The van der Waals surface area contributed by atoms with Crippen LogP contribution in [0.4, 0.5) is 5.69 Å². The molecule has 3 rings (SSSR count). The van der Waals surface area contributed by atoms with E-state index in [9.17, 15) is 9.59 Å². The number of rotatable bonds is 1. The van der Waals surface area contributed by atoms with Gasteiger partial charge in [0.05, 0.1) is 0 Å². The molecule has 5 N–H and O–H groups in total. The Bertz CT molecular complexity index is 875. The van der Waals surface area contributed by atoms with Crippen molar-refractivity contribution in [3.63, 3.8) is 0 Å². The Balaban J connectivity index is 0.000000174. The smallest absolute Gasteiger partial charge is 0.336 e. The number of nitrogen functional groups attached to an aromatic ring is 2. The van der Waals surface area contributed by atoms with Crippen LogP contribution in [0.2, 0.25) is 0 Å². The molecule has 7 heteroatoms. The van der Waals surface area contributed by atoms with Crippen LogP contribution in [0, 0.1) is 6.92 Å². The van der Waals surface area contributed by atoms with Crippen molar-refractivity contribution in [3.05, 3.63) is 70.3 Å². The number of carbonyl (C=O) groups excluding carboxylic acids is 1. The number of fused-ring (bicyclic) bond motifs is 1. The number of hydrazine groups is 1. The highest BCUT2D eigenvalue weighted by atomic mass is 16.4. The molecule has 0 bridgehead atoms. The molecular weight excluding hydrogens is 296 g/mol. The number of hydrogen-bond donors (Lipinski definition) is 3. The van der Waals surface area contributed by atoms with Gasteiger partial charge in [-0.25, -0.2) is 10.6 Å². The van der Waals surface area contributed by atoms with E-state index in [1.165, 1.54) is 18.5 Å². The van der Waals surface area contributed by atoms with Crippen molar-refractivity contribution in [2.45, 2.75) is 6.92 Å². The molecule has 118 valence electrons. The summed E-state index contributed by atoms with van der Waals surface area (Å²) in [6.07, 6.45) is 3.06. The van der Waals surface area contributed by atoms with Crippen LogP contribution >= 0.6 is 0 Å². The molecule has 1 aromatic carbocycles. The van der Waals surface area contributed by atoms with E-state index in [4.69, 9.17) is 16.0 Å². The Hall–Kier alpha value is -3.19. The van der Waals surface area contributed by atoms with Gasteiger partial charge in [-0.3, -0.25) is 15.2 Å². The van der Waals surface area contributed by atoms with Crippen LogP contribution in [-0.2, 0) is 0 Å². The van der Waals surface area contributed by atoms with Gasteiger partial charge in [0.15, 0.2) is 0 Å². The molecule has 0 fully saturated rings. The summed E-state index contributed by atoms with van der Waals surface area (Å²) in [7, 11) is 0. The zero-order valence-corrected chi connectivity index (χ0v) is 12.4. The Morgan fingerprint density at radius 3 is 2.52 bits per heavy atom. The van der Waals surface area contributed by atoms with Gasteiger partial charge in [0.2, 0.25) is 0 Å². The lowest BCUT2D eigenvalue weighted by molar-refractivity contribution is 0.0953. The number of carbonyl (C=O) groups is 1. The third-order valence-corrected chi connectivity index (χ3v) is 3.05. The van der Waals surface area contributed by atoms with Crippen molar-refractivity contribution in [1.82, 2.24) is 10.4 Å². The van der Waals surface area contributed by atoms with Gasteiger partial charge < -0.3 is 10.2 Å². The first-order valence-corrected chi connectivity index (χ1v) is 6.72. The van der Waals surface area contributed by atoms with Crippen LogP contribution in [0.25, 0.3) is 11.0 Å². The Morgan fingerprint density at radius 1 is 1.17 bits per heavy atom. The van der Waals surface area contributed by atoms with Crippen molar-refractivity contribution in [1.29, 1.82) is 0 Å². The van der Waals surface area contributed by atoms with Crippen molar-refractivity contribution in [3.8, 4) is 0 Å². The minimum absolute atomic E-state index is 0.303. The number of aromatic nitrogens is 1. The third-order valence-electron chi connectivity index (χ3n) is 3.05. The fourth-order valence-corrected chi connectivity index (χ4v) is 1.93. The first kappa shape index (κ1) is 16.2. The van der Waals surface area contributed by atoms with Crippen molar-refractivity contribution in [2.75, 3.05) is 5.73 Å². The first-order valence-electron chi connectivity index (χ1n) is 6.72. The number of benzene rings is 1. The van der Waals surface area contributed by atoms with Gasteiger partial charge in [0.25, 0.3) is 5.91 Å². The van der Waals surface area contributed by atoms with E-state index < -0.39 is 0 Å². The van der Waals surface area contributed by atoms with E-state index in [0.29, 0.717) is 16.8 Å². The summed E-state index contributed by atoms with van der Waals surface area (Å²) in [6, 6.07) is 9.94. The Labute approximate surface area is 131 Å². The summed E-state index contributed by atoms with van der Waals surface area (Å²) in [4.78, 5) is 25.5. The normalized spacial score (nSPS) is 9.83. The molecule has 0 atom stereocenters. The van der Waals surface area contributed by atoms with E-state index in [1.54, 1.807) is 24.3 Å². The molecule has 3 aromatic rings. The summed E-state index contributed by atoms with van der Waals surface area (Å²) in [6.45, 7) is 1.87. The topological polar surface area (TPSA) is 124 Å². The van der Waals surface area contributed by atoms with Gasteiger partial charge in [0.1, 0.15) is 5.58 Å². The lowest BCUT2D eigenvalue weighted by atomic mass is 10.1. The molecule has 7 nitrogen and oxygen atoms in total. The zero-order valence-electron chi connectivity index (χ0n) is 12.4. The molecule has 0 unspecified atom stereocenters. The molecule has 1 amide bonds. The van der Waals surface area contributed by atoms with Crippen LogP contribution in [0.15, 0.2) is 58.0 Å². The molecule has 0 saturated carbocycles. The minimum atomic E-state index is -0.337. The molecule has 0 radical (unpaired) electrons. The quantitative estimate of drug-likeness (QED) is 0.205. The highest BCUT2D eigenvalue weighted by Crippen LogP contribution is 2.18. The number of anilines is 1. The first-order chi connectivity index (χ1) is 11.0. The van der Waals surface area contributed by atoms with Gasteiger partial charge in [-0.2, -0.15) is 0 Å². The maximum Gasteiger partial charge on any atom is 0.336 e. The Kier molecular flexibility index (Phi) is 5.06. The SMILES string of the molecule is Cc1cc(=O)oc2cc(N)ccc12.NNC(=O)c1ccncc1. The van der Waals surface area contributed by atoms with Gasteiger partial charge in [0, 0.05) is 41.2 Å². The molecule has 2 heterocycles. The van der Waals surface area contributed by atoms with Crippen LogP contribution in [0.1, 0.15) is 15.9 Å². The van der Waals surface area contributed by atoms with Crippen LogP contribution in [-0.4, -0.2) is 10.9 Å². The third kappa shape index (κ3) is 4.14. The Morgan fingerprint density at radius 2 is 1.87 bits per heavy atom. The number of aryl methyl sites for hydroxylation is 1. The highest BCUT2D eigenvalue weighted by Gasteiger charge is 2.01. The van der Waals surface area contributed by atoms with E-state index in [0.717, 1.165) is 10.9 Å². The lowest BCUT2D eigenvalue weighted by Gasteiger charge is -2.00. The predicted molar refractivity (Wildman–Crippen MR) is 87.5 cm³/mol. The van der Waals surface area contributed by atoms with Crippen LogP contribution < -0.4 is 22.6 Å². The number of nitrogens with two attached hydrogens (primary N) is 2. The average molecular weight is 312 g/mol. The summed E-state index contributed by atoms with van der Waals surface area (Å²) in [5.41, 5.74) is 9.80. The van der Waals surface area contributed by atoms with E-state index in [-0.39, 0.29) is 11.5 Å². The molecule has 0 aliphatic rings. The summed E-state index contributed by atoms with van der Waals surface area (Å²) in [5.74, 6) is 4.58. The van der Waals surface area contributed by atoms with E-state index >= 15 is 0 Å². The van der Waals surface area contributed by atoms with Crippen LogP contribution in [0.5, 0.6) is 0 Å². The second kappa shape index (κ2) is 7.19. The van der Waals surface area contributed by atoms with Gasteiger partial charge in [-0.15, -0.1) is 0 Å². The van der Waals surface area contributed by atoms with Crippen LogP contribution in [0.3, 0.4) is 0 Å². The highest BCUT2D eigenvalue weighted by molar-refractivity contribution is 5.93. The van der Waals surface area contributed by atoms with Crippen molar-refractivity contribution >= 4 is 22.6 Å². The minimum Gasteiger partial charge on any atom is -0.423 e. The molecule has 2 aromatic heterocycles. The molecule has 23 heavy (non-hydrogen) atoms. The number of pyridine rings is 1. The summed E-state index contributed by atoms with van der Waals surface area (Å²) in [5, 5.41) is 0.925.